The summed E-state index contributed by atoms with van der Waals surface area (Å²) in [5, 5.41) is 10.1. The number of aryl methyl sites for hydroxylation is 1. The van der Waals surface area contributed by atoms with E-state index in [-0.39, 0.29) is 6.04 Å². The van der Waals surface area contributed by atoms with E-state index in [4.69, 9.17) is 0 Å². The molecule has 2 aromatic rings. The average Bonchev–Trinajstić information content (AvgIpc) is 2.86. The minimum absolute atomic E-state index is 0.122. The molecule has 1 amide bonds. The van der Waals surface area contributed by atoms with Crippen LogP contribution in [-0.2, 0) is 11.8 Å². The van der Waals surface area contributed by atoms with Gasteiger partial charge < -0.3 is 10.1 Å². The van der Waals surface area contributed by atoms with Crippen LogP contribution in [0.4, 0.5) is 16.2 Å². The normalized spacial score (nSPS) is 11.8. The number of rotatable bonds is 4. The van der Waals surface area contributed by atoms with E-state index in [9.17, 15) is 4.79 Å². The lowest BCUT2D eigenvalue weighted by Gasteiger charge is -2.14. The van der Waals surface area contributed by atoms with Gasteiger partial charge in [0.05, 0.1) is 19.3 Å². The number of nitrogens with zero attached hydrogens (tertiary/aromatic N) is 2. The topological polar surface area (TPSA) is 68.2 Å². The van der Waals surface area contributed by atoms with Crippen molar-refractivity contribution in [1.29, 1.82) is 0 Å². The highest BCUT2D eigenvalue weighted by atomic mass is 16.5. The number of amides is 1. The van der Waals surface area contributed by atoms with Gasteiger partial charge in [0.25, 0.3) is 0 Å². The Labute approximate surface area is 117 Å². The third-order valence-corrected chi connectivity index (χ3v) is 2.90. The molecule has 6 nitrogen and oxygen atoms in total. The first-order valence-electron chi connectivity index (χ1n) is 6.28. The summed E-state index contributed by atoms with van der Waals surface area (Å²) >= 11 is 0. The van der Waals surface area contributed by atoms with Gasteiger partial charge in [0.2, 0.25) is 0 Å². The van der Waals surface area contributed by atoms with E-state index in [0.717, 1.165) is 11.3 Å². The summed E-state index contributed by atoms with van der Waals surface area (Å²) in [7, 11) is 3.22. The number of aromatic nitrogens is 2. The Hall–Kier alpha value is -2.50. The number of carbonyl (C=O) groups is 1. The third kappa shape index (κ3) is 3.50. The lowest BCUT2D eigenvalue weighted by atomic mass is 10.1. The highest BCUT2D eigenvalue weighted by Crippen LogP contribution is 2.21. The first-order chi connectivity index (χ1) is 9.58. The minimum Gasteiger partial charge on any atom is -0.453 e. The van der Waals surface area contributed by atoms with E-state index in [1.54, 1.807) is 10.7 Å². The van der Waals surface area contributed by atoms with Crippen LogP contribution in [0, 0.1) is 0 Å². The second-order valence-electron chi connectivity index (χ2n) is 4.51. The fourth-order valence-electron chi connectivity index (χ4n) is 1.85. The standard InChI is InChI=1S/C14H18N4O2/c1-10(11-8-15-18(2)9-11)16-12-5-4-6-13(7-12)17-14(19)20-3/h4-10,16H,1-3H3,(H,17,19). The van der Waals surface area contributed by atoms with E-state index in [0.29, 0.717) is 5.69 Å². The lowest BCUT2D eigenvalue weighted by Crippen LogP contribution is -2.11. The molecule has 1 unspecified atom stereocenters. The zero-order valence-corrected chi connectivity index (χ0v) is 11.8. The van der Waals surface area contributed by atoms with Crippen LogP contribution in [0.2, 0.25) is 0 Å². The van der Waals surface area contributed by atoms with Crippen LogP contribution in [0.5, 0.6) is 0 Å². The molecule has 0 saturated carbocycles. The van der Waals surface area contributed by atoms with Crippen LogP contribution in [0.25, 0.3) is 0 Å². The summed E-state index contributed by atoms with van der Waals surface area (Å²) in [4.78, 5) is 11.2. The van der Waals surface area contributed by atoms with Gasteiger partial charge in [-0.1, -0.05) is 6.07 Å². The van der Waals surface area contributed by atoms with E-state index in [2.05, 4.69) is 27.4 Å². The van der Waals surface area contributed by atoms with Crippen molar-refractivity contribution in [3.05, 3.63) is 42.2 Å². The van der Waals surface area contributed by atoms with Crippen molar-refractivity contribution in [2.24, 2.45) is 7.05 Å². The molecule has 20 heavy (non-hydrogen) atoms. The number of nitrogens with one attached hydrogen (secondary N) is 2. The van der Waals surface area contributed by atoms with E-state index >= 15 is 0 Å². The van der Waals surface area contributed by atoms with Gasteiger partial charge >= 0.3 is 6.09 Å². The lowest BCUT2D eigenvalue weighted by molar-refractivity contribution is 0.187. The molecule has 0 aliphatic rings. The van der Waals surface area contributed by atoms with Crippen LogP contribution in [0.15, 0.2) is 36.7 Å². The predicted octanol–water partition coefficient (Wildman–Crippen LogP) is 2.77. The molecule has 0 spiro atoms. The SMILES string of the molecule is COC(=O)Nc1cccc(NC(C)c2cnn(C)c2)c1. The molecule has 0 fully saturated rings. The van der Waals surface area contributed by atoms with Gasteiger partial charge in [-0.2, -0.15) is 5.10 Å². The summed E-state index contributed by atoms with van der Waals surface area (Å²) in [6, 6.07) is 7.58. The van der Waals surface area contributed by atoms with Gasteiger partial charge in [0.1, 0.15) is 0 Å². The second kappa shape index (κ2) is 6.10. The Balaban J connectivity index is 2.05. The Morgan fingerprint density at radius 3 is 2.80 bits per heavy atom. The fourth-order valence-corrected chi connectivity index (χ4v) is 1.85. The van der Waals surface area contributed by atoms with E-state index < -0.39 is 6.09 Å². The van der Waals surface area contributed by atoms with Gasteiger partial charge in [0, 0.05) is 30.2 Å². The maximum atomic E-state index is 11.2. The fraction of sp³-hybridized carbons (Fsp3) is 0.286. The van der Waals surface area contributed by atoms with Crippen LogP contribution >= 0.6 is 0 Å². The molecule has 2 rings (SSSR count). The number of hydrogen-bond donors (Lipinski definition) is 2. The number of hydrogen-bond acceptors (Lipinski definition) is 4. The number of ether oxygens (including phenoxy) is 1. The van der Waals surface area contributed by atoms with Crippen LogP contribution in [0.3, 0.4) is 0 Å². The number of benzene rings is 1. The van der Waals surface area contributed by atoms with Gasteiger partial charge in [0.15, 0.2) is 0 Å². The minimum atomic E-state index is -0.484. The molecule has 106 valence electrons. The summed E-state index contributed by atoms with van der Waals surface area (Å²) in [5.74, 6) is 0. The summed E-state index contributed by atoms with van der Waals surface area (Å²) in [6.07, 6.45) is 3.31. The number of anilines is 2. The Morgan fingerprint density at radius 2 is 2.15 bits per heavy atom. The molecule has 0 aliphatic heterocycles. The number of methoxy groups -OCH3 is 1. The monoisotopic (exact) mass is 274 g/mol. The van der Waals surface area contributed by atoms with Crippen molar-refractivity contribution in [2.45, 2.75) is 13.0 Å². The summed E-state index contributed by atoms with van der Waals surface area (Å²) in [5.41, 5.74) is 2.69. The zero-order valence-electron chi connectivity index (χ0n) is 11.8. The van der Waals surface area contributed by atoms with Crippen molar-refractivity contribution in [3.8, 4) is 0 Å². The molecule has 2 N–H and O–H groups in total. The average molecular weight is 274 g/mol. The maximum absolute atomic E-state index is 11.2. The third-order valence-electron chi connectivity index (χ3n) is 2.90. The number of carbonyl (C=O) groups excluding carboxylic acids is 1. The molecule has 0 radical (unpaired) electrons. The smallest absolute Gasteiger partial charge is 0.411 e. The second-order valence-corrected chi connectivity index (χ2v) is 4.51. The molecule has 0 saturated heterocycles. The van der Waals surface area contributed by atoms with Crippen molar-refractivity contribution in [1.82, 2.24) is 9.78 Å². The molecule has 1 aromatic heterocycles. The molecule has 0 bridgehead atoms. The molecule has 6 heteroatoms. The first kappa shape index (κ1) is 13.9. The molecule has 1 aromatic carbocycles. The Morgan fingerprint density at radius 1 is 1.40 bits per heavy atom. The van der Waals surface area contributed by atoms with Gasteiger partial charge in [-0.25, -0.2) is 4.79 Å². The van der Waals surface area contributed by atoms with E-state index in [1.807, 2.05) is 37.6 Å². The maximum Gasteiger partial charge on any atom is 0.411 e. The largest absolute Gasteiger partial charge is 0.453 e. The van der Waals surface area contributed by atoms with Crippen LogP contribution in [0.1, 0.15) is 18.5 Å². The zero-order chi connectivity index (χ0) is 14.5. The summed E-state index contributed by atoms with van der Waals surface area (Å²) < 4.78 is 6.33. The van der Waals surface area contributed by atoms with Crippen LogP contribution < -0.4 is 10.6 Å². The van der Waals surface area contributed by atoms with Crippen LogP contribution in [-0.4, -0.2) is 23.0 Å². The summed E-state index contributed by atoms with van der Waals surface area (Å²) in [6.45, 7) is 2.05. The van der Waals surface area contributed by atoms with E-state index in [1.165, 1.54) is 7.11 Å². The Kier molecular flexibility index (Phi) is 4.24. The molecule has 1 atom stereocenters. The highest BCUT2D eigenvalue weighted by molar-refractivity contribution is 5.85. The van der Waals surface area contributed by atoms with Gasteiger partial charge in [-0.15, -0.1) is 0 Å². The van der Waals surface area contributed by atoms with Crippen molar-refractivity contribution in [2.75, 3.05) is 17.7 Å². The van der Waals surface area contributed by atoms with Gasteiger partial charge in [-0.3, -0.25) is 10.00 Å². The highest BCUT2D eigenvalue weighted by Gasteiger charge is 2.08. The van der Waals surface area contributed by atoms with Crippen molar-refractivity contribution in [3.63, 3.8) is 0 Å². The molecular weight excluding hydrogens is 256 g/mol. The Bertz CT molecular complexity index is 594. The first-order valence-corrected chi connectivity index (χ1v) is 6.28. The van der Waals surface area contributed by atoms with Crippen molar-refractivity contribution < 1.29 is 9.53 Å². The molecular formula is C14H18N4O2. The van der Waals surface area contributed by atoms with Crippen molar-refractivity contribution >= 4 is 17.5 Å². The molecule has 0 aliphatic carbocycles. The predicted molar refractivity (Wildman–Crippen MR) is 77.7 cm³/mol. The van der Waals surface area contributed by atoms with Gasteiger partial charge in [-0.05, 0) is 25.1 Å². The molecule has 1 heterocycles. The quantitative estimate of drug-likeness (QED) is 0.899.